The Morgan fingerprint density at radius 1 is 1.35 bits per heavy atom. The van der Waals surface area contributed by atoms with Crippen molar-refractivity contribution in [2.75, 3.05) is 19.6 Å². The Hall–Kier alpha value is -1.93. The lowest BCUT2D eigenvalue weighted by Gasteiger charge is -2.10. The van der Waals surface area contributed by atoms with Gasteiger partial charge >= 0.3 is 0 Å². The average Bonchev–Trinajstić information content (AvgIpc) is 3.11. The van der Waals surface area contributed by atoms with Crippen molar-refractivity contribution >= 4 is 21.8 Å². The van der Waals surface area contributed by atoms with E-state index >= 15 is 0 Å². The number of fused-ring (bicyclic) bond motifs is 1. The Kier molecular flexibility index (Phi) is 4.63. The van der Waals surface area contributed by atoms with Gasteiger partial charge in [-0.05, 0) is 31.5 Å². The predicted octanol–water partition coefficient (Wildman–Crippen LogP) is -0.0166. The molecule has 7 nitrogen and oxygen atoms in total. The number of carbonyl (C=O) groups is 1. The largest absolute Gasteiger partial charge is 0.352 e. The first kappa shape index (κ1) is 15.9. The minimum Gasteiger partial charge on any atom is -0.352 e. The quantitative estimate of drug-likeness (QED) is 0.658. The number of nitrogens with one attached hydrogen (secondary N) is 3. The lowest BCUT2D eigenvalue weighted by Crippen LogP contribution is -2.36. The van der Waals surface area contributed by atoms with Crippen LogP contribution in [0.2, 0.25) is 0 Å². The molecule has 1 fully saturated rings. The van der Waals surface area contributed by atoms with Gasteiger partial charge < -0.3 is 10.6 Å². The molecule has 0 aliphatic carbocycles. The third-order valence-corrected chi connectivity index (χ3v) is 5.32. The zero-order valence-electron chi connectivity index (χ0n) is 12.7. The molecule has 23 heavy (non-hydrogen) atoms. The fraction of sp³-hybridized carbons (Fsp3) is 0.467. The summed E-state index contributed by atoms with van der Waals surface area (Å²) in [4.78, 5) is 16.4. The summed E-state index contributed by atoms with van der Waals surface area (Å²) in [6.45, 7) is 2.17. The third kappa shape index (κ3) is 3.70. The zero-order valence-corrected chi connectivity index (χ0v) is 13.5. The molecule has 1 atom stereocenters. The Labute approximate surface area is 135 Å². The molecular weight excluding hydrogens is 316 g/mol. The molecule has 1 unspecified atom stereocenters. The van der Waals surface area contributed by atoms with Crippen molar-refractivity contribution in [3.63, 3.8) is 0 Å². The van der Waals surface area contributed by atoms with Crippen LogP contribution in [0, 0.1) is 0 Å². The Morgan fingerprint density at radius 2 is 2.17 bits per heavy atom. The summed E-state index contributed by atoms with van der Waals surface area (Å²) in [5.41, 5.74) is 0.592. The number of hydrogen-bond acceptors (Lipinski definition) is 5. The van der Waals surface area contributed by atoms with Gasteiger partial charge in [0.25, 0.3) is 10.0 Å². The fourth-order valence-corrected chi connectivity index (χ4v) is 4.01. The molecule has 0 bridgehead atoms. The van der Waals surface area contributed by atoms with E-state index in [1.54, 1.807) is 24.3 Å². The van der Waals surface area contributed by atoms with Crippen LogP contribution in [0.3, 0.4) is 0 Å². The van der Waals surface area contributed by atoms with E-state index in [0.717, 1.165) is 19.5 Å². The molecule has 1 aromatic rings. The molecule has 1 aromatic carbocycles. The van der Waals surface area contributed by atoms with Gasteiger partial charge in [0.1, 0.15) is 5.84 Å². The topological polar surface area (TPSA) is 99.7 Å². The van der Waals surface area contributed by atoms with E-state index in [1.165, 1.54) is 0 Å². The maximum absolute atomic E-state index is 11.9. The number of sulfonamides is 1. The van der Waals surface area contributed by atoms with E-state index in [9.17, 15) is 13.2 Å². The van der Waals surface area contributed by atoms with Crippen LogP contribution in [0.25, 0.3) is 0 Å². The van der Waals surface area contributed by atoms with Crippen LogP contribution in [0.1, 0.15) is 24.8 Å². The van der Waals surface area contributed by atoms with Crippen LogP contribution in [-0.2, 0) is 14.8 Å². The molecule has 0 radical (unpaired) electrons. The van der Waals surface area contributed by atoms with E-state index in [4.69, 9.17) is 0 Å². The van der Waals surface area contributed by atoms with Gasteiger partial charge in [-0.2, -0.15) is 0 Å². The fourth-order valence-electron chi connectivity index (χ4n) is 2.76. The molecule has 2 aliphatic heterocycles. The van der Waals surface area contributed by atoms with Crippen molar-refractivity contribution in [3.8, 4) is 0 Å². The maximum Gasteiger partial charge on any atom is 0.263 e. The first-order valence-corrected chi connectivity index (χ1v) is 9.21. The lowest BCUT2D eigenvalue weighted by atomic mass is 10.2. The maximum atomic E-state index is 11.9. The van der Waals surface area contributed by atoms with Crippen molar-refractivity contribution in [1.29, 1.82) is 0 Å². The molecule has 0 saturated carbocycles. The molecule has 3 rings (SSSR count). The molecule has 124 valence electrons. The highest BCUT2D eigenvalue weighted by Crippen LogP contribution is 2.22. The predicted molar refractivity (Wildman–Crippen MR) is 86.8 cm³/mol. The van der Waals surface area contributed by atoms with Crippen LogP contribution in [0.5, 0.6) is 0 Å². The minimum absolute atomic E-state index is 0.0197. The van der Waals surface area contributed by atoms with E-state index in [0.29, 0.717) is 30.8 Å². The van der Waals surface area contributed by atoms with Crippen molar-refractivity contribution in [1.82, 2.24) is 15.4 Å². The van der Waals surface area contributed by atoms with Crippen molar-refractivity contribution in [3.05, 3.63) is 29.8 Å². The minimum atomic E-state index is -3.49. The highest BCUT2D eigenvalue weighted by molar-refractivity contribution is 7.90. The molecule has 3 N–H and O–H groups in total. The monoisotopic (exact) mass is 336 g/mol. The van der Waals surface area contributed by atoms with Crippen molar-refractivity contribution in [2.45, 2.75) is 30.2 Å². The van der Waals surface area contributed by atoms with E-state index in [-0.39, 0.29) is 16.8 Å². The Morgan fingerprint density at radius 3 is 2.96 bits per heavy atom. The average molecular weight is 336 g/mol. The number of benzene rings is 1. The number of nitrogens with zero attached hydrogens (tertiary/aromatic N) is 1. The van der Waals surface area contributed by atoms with Crippen molar-refractivity contribution < 1.29 is 13.2 Å². The van der Waals surface area contributed by atoms with Crippen LogP contribution in [-0.4, -0.2) is 45.8 Å². The second kappa shape index (κ2) is 6.67. The Bertz CT molecular complexity index is 724. The van der Waals surface area contributed by atoms with E-state index < -0.39 is 10.0 Å². The van der Waals surface area contributed by atoms with Gasteiger partial charge in [0, 0.05) is 31.1 Å². The van der Waals surface area contributed by atoms with Crippen LogP contribution < -0.4 is 15.4 Å². The van der Waals surface area contributed by atoms with Gasteiger partial charge in [-0.15, -0.1) is 0 Å². The first-order valence-electron chi connectivity index (χ1n) is 7.73. The Balaban J connectivity index is 1.52. The van der Waals surface area contributed by atoms with Gasteiger partial charge in [0.15, 0.2) is 0 Å². The number of amides is 1. The summed E-state index contributed by atoms with van der Waals surface area (Å²) in [5, 5.41) is 6.17. The molecule has 8 heteroatoms. The van der Waals surface area contributed by atoms with Gasteiger partial charge in [-0.3, -0.25) is 14.5 Å². The lowest BCUT2D eigenvalue weighted by molar-refractivity contribution is -0.121. The third-order valence-electron chi connectivity index (χ3n) is 3.92. The van der Waals surface area contributed by atoms with Gasteiger partial charge in [0.2, 0.25) is 5.91 Å². The standard InChI is InChI=1S/C15H20N4O3S/c20-14(18-11-7-9-16-10-11)6-3-8-17-15-12-4-1-2-5-13(12)23(21,22)19-15/h1-2,4-5,11,16H,3,6-10H2,(H,17,19)(H,18,20). The number of carbonyl (C=O) groups excluding carboxylic acids is 1. The number of aliphatic imine (C=N–C) groups is 1. The summed E-state index contributed by atoms with van der Waals surface area (Å²) in [7, 11) is -3.49. The number of rotatable bonds is 5. The molecule has 2 aliphatic rings. The van der Waals surface area contributed by atoms with Gasteiger partial charge in [-0.1, -0.05) is 12.1 Å². The highest BCUT2D eigenvalue weighted by Gasteiger charge is 2.29. The molecular formula is C15H20N4O3S. The van der Waals surface area contributed by atoms with E-state index in [2.05, 4.69) is 20.3 Å². The smallest absolute Gasteiger partial charge is 0.263 e. The zero-order chi connectivity index (χ0) is 16.3. The summed E-state index contributed by atoms with van der Waals surface area (Å²) in [6, 6.07) is 6.97. The van der Waals surface area contributed by atoms with Crippen LogP contribution in [0.15, 0.2) is 34.2 Å². The van der Waals surface area contributed by atoms with Crippen LogP contribution in [0.4, 0.5) is 0 Å². The summed E-state index contributed by atoms with van der Waals surface area (Å²) in [5.74, 6) is 0.382. The summed E-state index contributed by atoms with van der Waals surface area (Å²) >= 11 is 0. The second-order valence-electron chi connectivity index (χ2n) is 5.69. The number of hydrogen-bond donors (Lipinski definition) is 3. The normalized spacial score (nSPS) is 23.5. The summed E-state index contributed by atoms with van der Waals surface area (Å²) in [6.07, 6.45) is 1.94. The van der Waals surface area contributed by atoms with Gasteiger partial charge in [0.05, 0.1) is 4.90 Å². The SMILES string of the molecule is O=C(CCCN=C1NS(=O)(=O)c2ccccc21)NC1CCNC1. The molecule has 1 amide bonds. The molecule has 2 heterocycles. The highest BCUT2D eigenvalue weighted by atomic mass is 32.2. The van der Waals surface area contributed by atoms with Crippen molar-refractivity contribution in [2.24, 2.45) is 4.99 Å². The molecule has 0 spiro atoms. The van der Waals surface area contributed by atoms with Crippen LogP contribution >= 0.6 is 0 Å². The second-order valence-corrected chi connectivity index (χ2v) is 7.34. The first-order chi connectivity index (χ1) is 11.1. The summed E-state index contributed by atoms with van der Waals surface area (Å²) < 4.78 is 26.3. The van der Waals surface area contributed by atoms with E-state index in [1.807, 2.05) is 0 Å². The van der Waals surface area contributed by atoms with Gasteiger partial charge in [-0.25, -0.2) is 8.42 Å². The molecule has 0 aromatic heterocycles. The number of amidine groups is 1. The molecule has 1 saturated heterocycles.